The van der Waals surface area contributed by atoms with E-state index in [-0.39, 0.29) is 28.5 Å². The van der Waals surface area contributed by atoms with Crippen LogP contribution in [0.3, 0.4) is 0 Å². The maximum atomic E-state index is 3.26. The molecule has 1 aliphatic rings. The van der Waals surface area contributed by atoms with Crippen molar-refractivity contribution in [3.8, 4) is 0 Å². The Morgan fingerprint density at radius 3 is 1.80 bits per heavy atom. The van der Waals surface area contributed by atoms with Gasteiger partial charge in [-0.2, -0.15) is 11.1 Å². The minimum atomic E-state index is 0. The molecule has 0 aliphatic heterocycles. The number of hydrogen-bond donors (Lipinski definition) is 0. The summed E-state index contributed by atoms with van der Waals surface area (Å²) in [7, 11) is 0. The van der Waals surface area contributed by atoms with Crippen LogP contribution >= 0.6 is 0 Å². The van der Waals surface area contributed by atoms with Crippen LogP contribution in [-0.2, 0) is 21.1 Å². The molecule has 0 saturated carbocycles. The molecular weight excluding hydrogens is 303 g/mol. The minimum Gasteiger partial charge on any atom is -0.358 e. The SMILES string of the molecule is CC1=[C-]CC(C)=C1C.[CH3-].[Pt+2]. The van der Waals surface area contributed by atoms with Gasteiger partial charge in [0.1, 0.15) is 0 Å². The van der Waals surface area contributed by atoms with Gasteiger partial charge < -0.3 is 7.43 Å². The Morgan fingerprint density at radius 1 is 1.20 bits per heavy atom. The molecule has 10 heavy (non-hydrogen) atoms. The molecule has 0 atom stereocenters. The van der Waals surface area contributed by atoms with Crippen LogP contribution in [0.5, 0.6) is 0 Å². The van der Waals surface area contributed by atoms with Crippen LogP contribution in [0.4, 0.5) is 0 Å². The third-order valence-corrected chi connectivity index (χ3v) is 1.82. The molecule has 1 aliphatic carbocycles. The molecular formula is C9H14Pt. The van der Waals surface area contributed by atoms with E-state index in [1.165, 1.54) is 16.7 Å². The number of hydrogen-bond acceptors (Lipinski definition) is 0. The number of rotatable bonds is 0. The Hall–Kier alpha value is 0.168. The summed E-state index contributed by atoms with van der Waals surface area (Å²) in [5.41, 5.74) is 4.25. The van der Waals surface area contributed by atoms with Crippen molar-refractivity contribution in [2.24, 2.45) is 0 Å². The summed E-state index contributed by atoms with van der Waals surface area (Å²) in [6.45, 7) is 6.44. The molecule has 0 radical (unpaired) electrons. The van der Waals surface area contributed by atoms with E-state index in [1.54, 1.807) is 0 Å². The summed E-state index contributed by atoms with van der Waals surface area (Å²) in [5.74, 6) is 0. The largest absolute Gasteiger partial charge is 2.00 e. The van der Waals surface area contributed by atoms with E-state index < -0.39 is 0 Å². The van der Waals surface area contributed by atoms with Gasteiger partial charge in [0.25, 0.3) is 0 Å². The summed E-state index contributed by atoms with van der Waals surface area (Å²) < 4.78 is 0. The average molecular weight is 317 g/mol. The van der Waals surface area contributed by atoms with Crippen molar-refractivity contribution in [3.63, 3.8) is 0 Å². The normalized spacial score (nSPS) is 15.7. The molecule has 0 spiro atoms. The fourth-order valence-corrected chi connectivity index (χ4v) is 0.850. The van der Waals surface area contributed by atoms with E-state index in [4.69, 9.17) is 0 Å². The van der Waals surface area contributed by atoms with Crippen LogP contribution in [0.2, 0.25) is 0 Å². The third-order valence-electron chi connectivity index (χ3n) is 1.82. The van der Waals surface area contributed by atoms with Gasteiger partial charge in [-0.1, -0.05) is 13.8 Å². The summed E-state index contributed by atoms with van der Waals surface area (Å²) in [4.78, 5) is 0. The molecule has 0 heterocycles. The van der Waals surface area contributed by atoms with Crippen molar-refractivity contribution in [1.82, 2.24) is 0 Å². The van der Waals surface area contributed by atoms with E-state index in [0.717, 1.165) is 6.42 Å². The van der Waals surface area contributed by atoms with Gasteiger partial charge in [0.2, 0.25) is 0 Å². The first-order chi connectivity index (χ1) is 3.72. The molecule has 0 aromatic rings. The second kappa shape index (κ2) is 4.90. The van der Waals surface area contributed by atoms with Gasteiger partial charge in [0.15, 0.2) is 0 Å². The van der Waals surface area contributed by atoms with E-state index in [2.05, 4.69) is 26.8 Å². The Balaban J connectivity index is 0. The molecule has 0 saturated heterocycles. The molecule has 1 rings (SSSR count). The fraction of sp³-hybridized carbons (Fsp3) is 0.444. The second-order valence-electron chi connectivity index (χ2n) is 2.38. The zero-order chi connectivity index (χ0) is 6.15. The van der Waals surface area contributed by atoms with Gasteiger partial charge in [-0.15, -0.1) is 13.3 Å². The topological polar surface area (TPSA) is 0 Å². The molecule has 60 valence electrons. The molecule has 0 bridgehead atoms. The van der Waals surface area contributed by atoms with Gasteiger partial charge in [-0.3, -0.25) is 6.08 Å². The molecule has 0 nitrogen and oxygen atoms in total. The van der Waals surface area contributed by atoms with E-state index in [9.17, 15) is 0 Å². The average Bonchev–Trinajstić information content (AvgIpc) is 1.98. The van der Waals surface area contributed by atoms with Gasteiger partial charge in [0, 0.05) is 0 Å². The zero-order valence-electron chi connectivity index (χ0n) is 7.02. The van der Waals surface area contributed by atoms with Crippen LogP contribution in [0.25, 0.3) is 0 Å². The first kappa shape index (κ1) is 12.8. The Kier molecular flexibility index (Phi) is 6.28. The van der Waals surface area contributed by atoms with Crippen LogP contribution in [-0.4, -0.2) is 0 Å². The molecule has 0 unspecified atom stereocenters. The molecule has 0 aromatic heterocycles. The van der Waals surface area contributed by atoms with E-state index in [1.807, 2.05) is 0 Å². The van der Waals surface area contributed by atoms with E-state index in [0.29, 0.717) is 0 Å². The maximum absolute atomic E-state index is 3.26. The van der Waals surface area contributed by atoms with Gasteiger partial charge in [0.05, 0.1) is 0 Å². The quantitative estimate of drug-likeness (QED) is 0.603. The van der Waals surface area contributed by atoms with Crippen molar-refractivity contribution in [3.05, 3.63) is 30.2 Å². The summed E-state index contributed by atoms with van der Waals surface area (Å²) in [5, 5.41) is 0. The minimum absolute atomic E-state index is 0. The Bertz CT molecular complexity index is 158. The van der Waals surface area contributed by atoms with Crippen LogP contribution < -0.4 is 0 Å². The Labute approximate surface area is 78.7 Å². The van der Waals surface area contributed by atoms with Gasteiger partial charge in [-0.25, -0.2) is 5.57 Å². The van der Waals surface area contributed by atoms with Gasteiger partial charge >= 0.3 is 21.1 Å². The molecule has 1 heteroatoms. The second-order valence-corrected chi connectivity index (χ2v) is 2.38. The predicted molar refractivity (Wildman–Crippen MR) is 41.8 cm³/mol. The monoisotopic (exact) mass is 317 g/mol. The first-order valence-corrected chi connectivity index (χ1v) is 2.96. The van der Waals surface area contributed by atoms with E-state index >= 15 is 0 Å². The summed E-state index contributed by atoms with van der Waals surface area (Å²) >= 11 is 0. The Morgan fingerprint density at radius 2 is 1.70 bits per heavy atom. The zero-order valence-corrected chi connectivity index (χ0v) is 9.30. The first-order valence-electron chi connectivity index (χ1n) is 2.96. The summed E-state index contributed by atoms with van der Waals surface area (Å²) in [6.07, 6.45) is 4.31. The number of allylic oxidation sites excluding steroid dienone is 4. The molecule has 0 N–H and O–H groups in total. The predicted octanol–water partition coefficient (Wildman–Crippen LogP) is 2.92. The van der Waals surface area contributed by atoms with Crippen LogP contribution in [0.1, 0.15) is 27.2 Å². The standard InChI is InChI=1S/C8H11.CH3.Pt/c1-6-4-5-7(2)8(6)3;;/h4H2,1-3H3;1H3;/q2*-1;+2. The summed E-state index contributed by atoms with van der Waals surface area (Å²) in [6, 6.07) is 0. The third kappa shape index (κ3) is 2.42. The van der Waals surface area contributed by atoms with Crippen LogP contribution in [0.15, 0.2) is 16.7 Å². The van der Waals surface area contributed by atoms with Crippen molar-refractivity contribution in [1.29, 1.82) is 0 Å². The van der Waals surface area contributed by atoms with Crippen molar-refractivity contribution in [2.75, 3.05) is 0 Å². The fourth-order valence-electron chi connectivity index (χ4n) is 0.850. The molecule has 0 aromatic carbocycles. The maximum Gasteiger partial charge on any atom is 2.00 e. The van der Waals surface area contributed by atoms with Crippen molar-refractivity contribution < 1.29 is 21.1 Å². The van der Waals surface area contributed by atoms with Gasteiger partial charge in [-0.05, 0) is 0 Å². The van der Waals surface area contributed by atoms with Crippen LogP contribution in [0, 0.1) is 13.5 Å². The van der Waals surface area contributed by atoms with Crippen molar-refractivity contribution in [2.45, 2.75) is 27.2 Å². The smallest absolute Gasteiger partial charge is 0.358 e. The van der Waals surface area contributed by atoms with Crippen molar-refractivity contribution >= 4 is 0 Å². The molecule has 0 amide bonds. The molecule has 0 fully saturated rings.